The second-order valence-electron chi connectivity index (χ2n) is 5.90. The molecule has 4 rings (SSSR count). The molecule has 0 radical (unpaired) electrons. The van der Waals surface area contributed by atoms with E-state index >= 15 is 0 Å². The molecule has 7 nitrogen and oxygen atoms in total. The zero-order valence-corrected chi connectivity index (χ0v) is 14.0. The molecule has 4 aromatic rings. The number of aromatic nitrogens is 3. The van der Waals surface area contributed by atoms with Crippen LogP contribution in [0.3, 0.4) is 0 Å². The Morgan fingerprint density at radius 2 is 1.74 bits per heavy atom. The number of H-pyrrole nitrogens is 1. The fourth-order valence-electron chi connectivity index (χ4n) is 2.87. The van der Waals surface area contributed by atoms with Crippen molar-refractivity contribution in [2.24, 2.45) is 0 Å². The van der Waals surface area contributed by atoms with Gasteiger partial charge in [0.05, 0.1) is 10.9 Å². The molecule has 0 unspecified atom stereocenters. The van der Waals surface area contributed by atoms with Crippen molar-refractivity contribution in [3.05, 3.63) is 82.9 Å². The molecular weight excluding hydrogens is 344 g/mol. The van der Waals surface area contributed by atoms with E-state index in [9.17, 15) is 9.59 Å². The minimum absolute atomic E-state index is 0.208. The number of carbonyl (C=O) groups excluding carboxylic acids is 1. The zero-order chi connectivity index (χ0) is 18.8. The maximum absolute atomic E-state index is 12.4. The molecule has 0 spiro atoms. The maximum atomic E-state index is 12.4. The van der Waals surface area contributed by atoms with Gasteiger partial charge in [0, 0.05) is 23.5 Å². The molecule has 3 N–H and O–H groups in total. The van der Waals surface area contributed by atoms with Crippen LogP contribution in [0.2, 0.25) is 0 Å². The van der Waals surface area contributed by atoms with Crippen LogP contribution in [0.4, 0.5) is 0 Å². The Kier molecular flexibility index (Phi) is 4.19. The number of hydrogen-bond acceptors (Lipinski definition) is 5. The lowest BCUT2D eigenvalue weighted by Crippen LogP contribution is -2.19. The van der Waals surface area contributed by atoms with Gasteiger partial charge in [-0.3, -0.25) is 19.8 Å². The molecule has 7 heteroatoms. The van der Waals surface area contributed by atoms with Gasteiger partial charge in [0.15, 0.2) is 0 Å². The van der Waals surface area contributed by atoms with Crippen LogP contribution in [-0.4, -0.2) is 26.1 Å². The standard InChI is InChI=1S/C20H14N4O3/c25-19(24-27)15-4-5-16-17(11-15)22-18(23-20(16)26)14-3-1-2-13(10-14)12-6-8-21-9-7-12/h1-11,27H,(H,24,25)(H,22,23,26). The molecule has 2 aromatic carbocycles. The lowest BCUT2D eigenvalue weighted by Gasteiger charge is -2.07. The van der Waals surface area contributed by atoms with Crippen LogP contribution in [0.1, 0.15) is 10.4 Å². The average molecular weight is 358 g/mol. The van der Waals surface area contributed by atoms with Gasteiger partial charge in [-0.2, -0.15) is 0 Å². The van der Waals surface area contributed by atoms with Crippen molar-refractivity contribution in [3.8, 4) is 22.5 Å². The van der Waals surface area contributed by atoms with E-state index in [1.54, 1.807) is 17.9 Å². The van der Waals surface area contributed by atoms with Gasteiger partial charge in [-0.1, -0.05) is 18.2 Å². The molecule has 132 valence electrons. The van der Waals surface area contributed by atoms with Gasteiger partial charge in [0.25, 0.3) is 11.5 Å². The second kappa shape index (κ2) is 6.81. The first-order chi connectivity index (χ1) is 13.2. The van der Waals surface area contributed by atoms with E-state index in [0.717, 1.165) is 16.7 Å². The Labute approximate surface area is 153 Å². The van der Waals surface area contributed by atoms with Crippen molar-refractivity contribution in [1.82, 2.24) is 20.4 Å². The van der Waals surface area contributed by atoms with Gasteiger partial charge >= 0.3 is 0 Å². The summed E-state index contributed by atoms with van der Waals surface area (Å²) in [5.74, 6) is -0.273. The van der Waals surface area contributed by atoms with Gasteiger partial charge in [-0.05, 0) is 47.5 Å². The predicted octanol–water partition coefficient (Wildman–Crippen LogP) is 2.77. The van der Waals surface area contributed by atoms with E-state index in [4.69, 9.17) is 5.21 Å². The summed E-state index contributed by atoms with van der Waals surface area (Å²) in [7, 11) is 0. The second-order valence-corrected chi connectivity index (χ2v) is 5.90. The Morgan fingerprint density at radius 1 is 0.963 bits per heavy atom. The number of rotatable bonds is 3. The first-order valence-corrected chi connectivity index (χ1v) is 8.15. The van der Waals surface area contributed by atoms with Crippen LogP contribution in [-0.2, 0) is 0 Å². The van der Waals surface area contributed by atoms with Crippen LogP contribution < -0.4 is 11.0 Å². The number of hydroxylamine groups is 1. The third-order valence-corrected chi connectivity index (χ3v) is 4.22. The monoisotopic (exact) mass is 358 g/mol. The average Bonchev–Trinajstić information content (AvgIpc) is 2.73. The van der Waals surface area contributed by atoms with Gasteiger partial charge in [-0.25, -0.2) is 10.5 Å². The molecular formula is C20H14N4O3. The number of carbonyl (C=O) groups is 1. The number of hydrogen-bond donors (Lipinski definition) is 3. The molecule has 0 bridgehead atoms. The van der Waals surface area contributed by atoms with Crippen LogP contribution in [0, 0.1) is 0 Å². The summed E-state index contributed by atoms with van der Waals surface area (Å²) in [6, 6.07) is 15.8. The molecule has 0 fully saturated rings. The third-order valence-electron chi connectivity index (χ3n) is 4.22. The summed E-state index contributed by atoms with van der Waals surface area (Å²) in [5, 5.41) is 9.15. The zero-order valence-electron chi connectivity index (χ0n) is 14.0. The number of fused-ring (bicyclic) bond motifs is 1. The number of nitrogens with one attached hydrogen (secondary N) is 2. The van der Waals surface area contributed by atoms with Crippen molar-refractivity contribution in [3.63, 3.8) is 0 Å². The fourth-order valence-corrected chi connectivity index (χ4v) is 2.87. The summed E-state index contributed by atoms with van der Waals surface area (Å²) >= 11 is 0. The van der Waals surface area contributed by atoms with Crippen LogP contribution in [0.15, 0.2) is 71.8 Å². The Balaban J connectivity index is 1.84. The first-order valence-electron chi connectivity index (χ1n) is 8.15. The van der Waals surface area contributed by atoms with E-state index < -0.39 is 5.91 Å². The summed E-state index contributed by atoms with van der Waals surface area (Å²) in [4.78, 5) is 35.3. The quantitative estimate of drug-likeness (QED) is 0.385. The molecule has 2 heterocycles. The largest absolute Gasteiger partial charge is 0.306 e. The van der Waals surface area contributed by atoms with Crippen LogP contribution >= 0.6 is 0 Å². The molecule has 2 aromatic heterocycles. The van der Waals surface area contributed by atoms with E-state index in [-0.39, 0.29) is 11.1 Å². The van der Waals surface area contributed by atoms with Crippen LogP contribution in [0.5, 0.6) is 0 Å². The van der Waals surface area contributed by atoms with Crippen molar-refractivity contribution >= 4 is 16.8 Å². The number of benzene rings is 2. The normalized spacial score (nSPS) is 10.7. The molecule has 0 aliphatic heterocycles. The number of nitrogens with zero attached hydrogens (tertiary/aromatic N) is 2. The van der Waals surface area contributed by atoms with E-state index in [1.165, 1.54) is 18.2 Å². The van der Waals surface area contributed by atoms with Crippen molar-refractivity contribution < 1.29 is 10.0 Å². The number of pyridine rings is 1. The van der Waals surface area contributed by atoms with E-state index in [1.807, 2.05) is 36.4 Å². The molecule has 0 saturated heterocycles. The predicted molar refractivity (Wildman–Crippen MR) is 100 cm³/mol. The van der Waals surface area contributed by atoms with Crippen molar-refractivity contribution in [1.29, 1.82) is 0 Å². The first kappa shape index (κ1) is 16.6. The van der Waals surface area contributed by atoms with Crippen molar-refractivity contribution in [2.75, 3.05) is 0 Å². The molecule has 1 amide bonds. The topological polar surface area (TPSA) is 108 Å². The van der Waals surface area contributed by atoms with Gasteiger partial charge in [-0.15, -0.1) is 0 Å². The summed E-state index contributed by atoms with van der Waals surface area (Å²) in [6.45, 7) is 0. The van der Waals surface area contributed by atoms with Crippen molar-refractivity contribution in [2.45, 2.75) is 0 Å². The molecule has 27 heavy (non-hydrogen) atoms. The summed E-state index contributed by atoms with van der Waals surface area (Å²) < 4.78 is 0. The van der Waals surface area contributed by atoms with Gasteiger partial charge in [0.2, 0.25) is 0 Å². The SMILES string of the molecule is O=C(NO)c1ccc2c(=O)[nH]c(-c3cccc(-c4ccncc4)c3)nc2c1. The highest BCUT2D eigenvalue weighted by molar-refractivity contribution is 5.97. The number of amides is 1. The smallest absolute Gasteiger partial charge is 0.274 e. The summed E-state index contributed by atoms with van der Waals surface area (Å²) in [5.41, 5.74) is 4.54. The van der Waals surface area contributed by atoms with E-state index in [0.29, 0.717) is 16.7 Å². The fraction of sp³-hybridized carbons (Fsp3) is 0. The lowest BCUT2D eigenvalue weighted by molar-refractivity contribution is 0.0706. The van der Waals surface area contributed by atoms with E-state index in [2.05, 4.69) is 15.0 Å². The lowest BCUT2D eigenvalue weighted by atomic mass is 10.0. The van der Waals surface area contributed by atoms with Gasteiger partial charge in [0.1, 0.15) is 5.82 Å². The Bertz CT molecular complexity index is 1200. The Morgan fingerprint density at radius 3 is 2.52 bits per heavy atom. The molecule has 0 aliphatic rings. The number of aromatic amines is 1. The highest BCUT2D eigenvalue weighted by atomic mass is 16.5. The molecule has 0 atom stereocenters. The highest BCUT2D eigenvalue weighted by Crippen LogP contribution is 2.24. The Hall–Kier alpha value is -3.84. The third kappa shape index (κ3) is 3.19. The van der Waals surface area contributed by atoms with Crippen LogP contribution in [0.25, 0.3) is 33.4 Å². The maximum Gasteiger partial charge on any atom is 0.274 e. The molecule has 0 aliphatic carbocycles. The minimum atomic E-state index is -0.666. The van der Waals surface area contributed by atoms with Gasteiger partial charge < -0.3 is 4.98 Å². The molecule has 0 saturated carbocycles. The highest BCUT2D eigenvalue weighted by Gasteiger charge is 2.10. The summed E-state index contributed by atoms with van der Waals surface area (Å²) in [6.07, 6.45) is 3.43. The minimum Gasteiger partial charge on any atom is -0.306 e.